The van der Waals surface area contributed by atoms with Crippen molar-refractivity contribution in [1.29, 1.82) is 0 Å². The van der Waals surface area contributed by atoms with Crippen LogP contribution in [0.2, 0.25) is 5.02 Å². The maximum atomic E-state index is 12.9. The van der Waals surface area contributed by atoms with Crippen molar-refractivity contribution in [3.63, 3.8) is 0 Å². The van der Waals surface area contributed by atoms with Gasteiger partial charge in [0.25, 0.3) is 5.91 Å². The summed E-state index contributed by atoms with van der Waals surface area (Å²) >= 11 is 6.00. The fourth-order valence-corrected chi connectivity index (χ4v) is 4.38. The van der Waals surface area contributed by atoms with E-state index in [1.165, 1.54) is 25.7 Å². The zero-order valence-electron chi connectivity index (χ0n) is 13.5. The maximum absolute atomic E-state index is 12.9. The summed E-state index contributed by atoms with van der Waals surface area (Å²) in [5, 5.41) is 1.23. The molecule has 0 N–H and O–H groups in total. The lowest BCUT2D eigenvalue weighted by Crippen LogP contribution is -2.45. The summed E-state index contributed by atoms with van der Waals surface area (Å²) in [7, 11) is 0. The number of fused-ring (bicyclic) bond motifs is 2. The molecule has 2 aliphatic rings. The van der Waals surface area contributed by atoms with Crippen LogP contribution in [-0.2, 0) is 0 Å². The third-order valence-corrected chi connectivity index (χ3v) is 5.74. The van der Waals surface area contributed by atoms with Gasteiger partial charge in [-0.3, -0.25) is 4.79 Å². The molecule has 2 atom stereocenters. The van der Waals surface area contributed by atoms with Crippen LogP contribution >= 0.6 is 11.6 Å². The molecule has 0 unspecified atom stereocenters. The molecule has 1 amide bonds. The van der Waals surface area contributed by atoms with E-state index in [4.69, 9.17) is 16.0 Å². The second kappa shape index (κ2) is 6.25. The van der Waals surface area contributed by atoms with Crippen molar-refractivity contribution in [3.8, 4) is 0 Å². The number of hydrogen-bond donors (Lipinski definition) is 0. The topological polar surface area (TPSA) is 50.5 Å². The van der Waals surface area contributed by atoms with E-state index in [0.717, 1.165) is 25.4 Å². The van der Waals surface area contributed by atoms with Crippen molar-refractivity contribution in [2.24, 2.45) is 11.8 Å². The Morgan fingerprint density at radius 2 is 1.92 bits per heavy atom. The van der Waals surface area contributed by atoms with Crippen molar-refractivity contribution >= 4 is 28.5 Å². The molecular weight excluding hydrogens is 326 g/mol. The minimum absolute atomic E-state index is 0.110. The number of nitrogens with zero attached hydrogens (tertiary/aromatic N) is 1. The van der Waals surface area contributed by atoms with E-state index >= 15 is 0 Å². The Bertz CT molecular complexity index is 844. The minimum Gasteiger partial charge on any atom is -0.422 e. The van der Waals surface area contributed by atoms with Gasteiger partial charge in [-0.2, -0.15) is 0 Å². The fourth-order valence-electron chi connectivity index (χ4n) is 4.20. The third-order valence-electron chi connectivity index (χ3n) is 5.50. The summed E-state index contributed by atoms with van der Waals surface area (Å²) in [5.74, 6) is 1.11. The van der Waals surface area contributed by atoms with Gasteiger partial charge in [0, 0.05) is 23.5 Å². The molecule has 126 valence electrons. The Labute approximate surface area is 145 Å². The van der Waals surface area contributed by atoms with E-state index in [2.05, 4.69) is 0 Å². The highest BCUT2D eigenvalue weighted by atomic mass is 35.5. The molecule has 2 aromatic rings. The molecule has 1 aromatic carbocycles. The van der Waals surface area contributed by atoms with Crippen molar-refractivity contribution in [1.82, 2.24) is 4.90 Å². The Kier molecular flexibility index (Phi) is 4.09. The van der Waals surface area contributed by atoms with Crippen LogP contribution in [0.15, 0.2) is 33.5 Å². The molecule has 4 nitrogen and oxygen atoms in total. The van der Waals surface area contributed by atoms with Crippen LogP contribution in [0.25, 0.3) is 11.0 Å². The Morgan fingerprint density at radius 3 is 2.75 bits per heavy atom. The number of hydrogen-bond acceptors (Lipinski definition) is 3. The molecule has 1 saturated heterocycles. The van der Waals surface area contributed by atoms with Gasteiger partial charge in [0.2, 0.25) is 0 Å². The van der Waals surface area contributed by atoms with Crippen LogP contribution in [-0.4, -0.2) is 23.9 Å². The van der Waals surface area contributed by atoms with Gasteiger partial charge >= 0.3 is 5.63 Å². The Hall–Kier alpha value is -1.81. The van der Waals surface area contributed by atoms with E-state index < -0.39 is 5.63 Å². The van der Waals surface area contributed by atoms with Gasteiger partial charge in [0.05, 0.1) is 0 Å². The summed E-state index contributed by atoms with van der Waals surface area (Å²) in [4.78, 5) is 26.9. The number of halogens is 1. The molecule has 1 aromatic heterocycles. The van der Waals surface area contributed by atoms with E-state index in [-0.39, 0.29) is 11.5 Å². The zero-order chi connectivity index (χ0) is 16.7. The quantitative estimate of drug-likeness (QED) is 0.731. The average molecular weight is 346 g/mol. The SMILES string of the molecule is O=C(c1cc2cc(Cl)ccc2oc1=O)N1CC[C@@H]2CCCC[C@@H]2C1. The second-order valence-corrected chi connectivity index (χ2v) is 7.41. The largest absolute Gasteiger partial charge is 0.422 e. The lowest BCUT2D eigenvalue weighted by atomic mass is 9.75. The van der Waals surface area contributed by atoms with Crippen LogP contribution in [0.5, 0.6) is 0 Å². The molecule has 1 aliphatic heterocycles. The molecule has 1 saturated carbocycles. The molecule has 1 aliphatic carbocycles. The first-order valence-electron chi connectivity index (χ1n) is 8.64. The normalized spacial score (nSPS) is 24.0. The summed E-state index contributed by atoms with van der Waals surface area (Å²) in [6, 6.07) is 6.65. The van der Waals surface area contributed by atoms with Crippen LogP contribution in [0, 0.1) is 11.8 Å². The van der Waals surface area contributed by atoms with Crippen molar-refractivity contribution in [2.45, 2.75) is 32.1 Å². The lowest BCUT2D eigenvalue weighted by Gasteiger charge is -2.41. The monoisotopic (exact) mass is 345 g/mol. The first kappa shape index (κ1) is 15.7. The van der Waals surface area contributed by atoms with E-state index in [1.807, 2.05) is 4.90 Å². The minimum atomic E-state index is -0.569. The molecular formula is C19H20ClNO3. The van der Waals surface area contributed by atoms with E-state index in [1.54, 1.807) is 24.3 Å². The molecule has 24 heavy (non-hydrogen) atoms. The summed E-state index contributed by atoms with van der Waals surface area (Å²) < 4.78 is 5.30. The smallest absolute Gasteiger partial charge is 0.349 e. The van der Waals surface area contributed by atoms with Gasteiger partial charge in [0.15, 0.2) is 0 Å². The number of benzene rings is 1. The lowest BCUT2D eigenvalue weighted by molar-refractivity contribution is 0.0517. The first-order chi connectivity index (χ1) is 11.6. The van der Waals surface area contributed by atoms with Crippen LogP contribution < -0.4 is 5.63 Å². The van der Waals surface area contributed by atoms with Crippen molar-refractivity contribution in [3.05, 3.63) is 45.3 Å². The van der Waals surface area contributed by atoms with Gasteiger partial charge in [-0.25, -0.2) is 4.79 Å². The summed E-state index contributed by atoms with van der Waals surface area (Å²) in [6.45, 7) is 1.49. The molecule has 2 heterocycles. The Morgan fingerprint density at radius 1 is 1.12 bits per heavy atom. The van der Waals surface area contributed by atoms with Crippen LogP contribution in [0.4, 0.5) is 0 Å². The highest BCUT2D eigenvalue weighted by Crippen LogP contribution is 2.36. The van der Waals surface area contributed by atoms with Crippen molar-refractivity contribution in [2.75, 3.05) is 13.1 Å². The summed E-state index contributed by atoms with van der Waals surface area (Å²) in [6.07, 6.45) is 6.07. The van der Waals surface area contributed by atoms with Gasteiger partial charge < -0.3 is 9.32 Å². The zero-order valence-corrected chi connectivity index (χ0v) is 14.2. The van der Waals surface area contributed by atoms with Crippen molar-refractivity contribution < 1.29 is 9.21 Å². The molecule has 5 heteroatoms. The van der Waals surface area contributed by atoms with Gasteiger partial charge in [-0.15, -0.1) is 0 Å². The first-order valence-corrected chi connectivity index (χ1v) is 9.02. The highest BCUT2D eigenvalue weighted by Gasteiger charge is 2.34. The number of piperidine rings is 1. The number of amides is 1. The highest BCUT2D eigenvalue weighted by molar-refractivity contribution is 6.31. The molecule has 0 bridgehead atoms. The van der Waals surface area contributed by atoms with Gasteiger partial charge in [0.1, 0.15) is 11.1 Å². The number of rotatable bonds is 1. The van der Waals surface area contributed by atoms with Gasteiger partial charge in [-0.05, 0) is 48.9 Å². The maximum Gasteiger partial charge on any atom is 0.349 e. The number of likely N-dealkylation sites (tertiary alicyclic amines) is 1. The van der Waals surface area contributed by atoms with E-state index in [0.29, 0.717) is 21.9 Å². The fraction of sp³-hybridized carbons (Fsp3) is 0.474. The molecule has 0 spiro atoms. The average Bonchev–Trinajstić information content (AvgIpc) is 2.60. The third kappa shape index (κ3) is 2.84. The predicted octanol–water partition coefficient (Wildman–Crippen LogP) is 4.10. The standard InChI is InChI=1S/C19H20ClNO3/c20-15-5-6-17-14(9-15)10-16(19(23)24-17)18(22)21-8-7-12-3-1-2-4-13(12)11-21/h5-6,9-10,12-13H,1-4,7-8,11H2/t12-,13+/m0/s1. The van der Waals surface area contributed by atoms with E-state index in [9.17, 15) is 9.59 Å². The predicted molar refractivity (Wildman–Crippen MR) is 93.5 cm³/mol. The van der Waals surface area contributed by atoms with Crippen LogP contribution in [0.1, 0.15) is 42.5 Å². The molecule has 0 radical (unpaired) electrons. The summed E-state index contributed by atoms with van der Waals surface area (Å²) in [5.41, 5.74) is -0.00782. The number of carbonyl (C=O) groups excluding carboxylic acids is 1. The molecule has 2 fully saturated rings. The molecule has 4 rings (SSSR count). The van der Waals surface area contributed by atoms with Gasteiger partial charge in [-0.1, -0.05) is 30.9 Å². The second-order valence-electron chi connectivity index (χ2n) is 6.97. The van der Waals surface area contributed by atoms with Crippen LogP contribution in [0.3, 0.4) is 0 Å². The number of carbonyl (C=O) groups is 1. The Balaban J connectivity index is 1.63.